The molecule has 7 rings (SSSR count). The zero-order valence-electron chi connectivity index (χ0n) is 23.0. The lowest BCUT2D eigenvalue weighted by atomic mass is 9.97. The van der Waals surface area contributed by atoms with E-state index in [2.05, 4.69) is 55.8 Å². The third-order valence-corrected chi connectivity index (χ3v) is 8.44. The number of rotatable bonds is 3. The number of nitrogens with one attached hydrogen (secondary N) is 2. The molecular weight excluding hydrogens is 550 g/mol. The first-order chi connectivity index (χ1) is 20.5. The first kappa shape index (κ1) is 26.3. The lowest BCUT2D eigenvalue weighted by Crippen LogP contribution is -2.51. The smallest absolute Gasteiger partial charge is 0.242 e. The van der Waals surface area contributed by atoms with Crippen molar-refractivity contribution < 1.29 is 9.59 Å². The maximum Gasteiger partial charge on any atom is 0.242 e. The number of benzene rings is 3. The summed E-state index contributed by atoms with van der Waals surface area (Å²) >= 11 is 6.47. The number of halogens is 1. The first-order valence-corrected chi connectivity index (χ1v) is 14.6. The molecule has 10 heteroatoms. The molecule has 2 amide bonds. The van der Waals surface area contributed by atoms with E-state index in [0.29, 0.717) is 29.9 Å². The predicted molar refractivity (Wildman–Crippen MR) is 165 cm³/mol. The third kappa shape index (κ3) is 5.23. The standard InChI is InChI=1S/C32H30ClN7O2/c33-27-19-34-32-36-23-6-4-5-21(15-23)9-10-22-16-24(35-31(27)37-32)17-28-26(22)18-29(41)40(28)20-30(42)39-13-11-38(12-14-39)25-7-2-1-3-8-25/h1-8,15-17,19H,9-14,18,20H2,(H2,34,35,36,37). The summed E-state index contributed by atoms with van der Waals surface area (Å²) in [7, 11) is 0. The highest BCUT2D eigenvalue weighted by Crippen LogP contribution is 2.37. The Kier molecular flexibility index (Phi) is 6.87. The van der Waals surface area contributed by atoms with E-state index < -0.39 is 0 Å². The van der Waals surface area contributed by atoms with Crippen LogP contribution < -0.4 is 20.4 Å². The number of hydrogen-bond donors (Lipinski definition) is 2. The summed E-state index contributed by atoms with van der Waals surface area (Å²) in [5.74, 6) is 0.781. The van der Waals surface area contributed by atoms with Crippen LogP contribution in [0.3, 0.4) is 0 Å². The molecule has 3 aliphatic rings. The van der Waals surface area contributed by atoms with Gasteiger partial charge in [0.25, 0.3) is 0 Å². The van der Waals surface area contributed by atoms with Crippen molar-refractivity contribution in [3.63, 3.8) is 0 Å². The van der Waals surface area contributed by atoms with Gasteiger partial charge in [0, 0.05) is 43.2 Å². The molecular formula is C32H30ClN7O2. The number of amides is 2. The second-order valence-electron chi connectivity index (χ2n) is 10.8. The average Bonchev–Trinajstić information content (AvgIpc) is 3.32. The maximum absolute atomic E-state index is 13.5. The minimum atomic E-state index is -0.0608. The summed E-state index contributed by atoms with van der Waals surface area (Å²) in [6.07, 6.45) is 3.38. The summed E-state index contributed by atoms with van der Waals surface area (Å²) in [5, 5.41) is 6.98. The van der Waals surface area contributed by atoms with Gasteiger partial charge in [0.1, 0.15) is 11.6 Å². The lowest BCUT2D eigenvalue weighted by Gasteiger charge is -2.36. The molecule has 0 unspecified atom stereocenters. The van der Waals surface area contributed by atoms with Crippen molar-refractivity contribution in [1.29, 1.82) is 0 Å². The monoisotopic (exact) mass is 579 g/mol. The molecule has 1 aromatic heterocycles. The number of piperazine rings is 1. The van der Waals surface area contributed by atoms with Gasteiger partial charge in [0.15, 0.2) is 5.82 Å². The molecule has 3 aromatic carbocycles. The Hall–Kier alpha value is -4.63. The van der Waals surface area contributed by atoms with E-state index >= 15 is 0 Å². The summed E-state index contributed by atoms with van der Waals surface area (Å²) < 4.78 is 0. The highest BCUT2D eigenvalue weighted by molar-refractivity contribution is 6.33. The van der Waals surface area contributed by atoms with Crippen molar-refractivity contribution in [1.82, 2.24) is 14.9 Å². The number of aryl methyl sites for hydroxylation is 2. The van der Waals surface area contributed by atoms with E-state index in [1.165, 1.54) is 0 Å². The van der Waals surface area contributed by atoms with Crippen molar-refractivity contribution in [2.45, 2.75) is 19.3 Å². The fourth-order valence-electron chi connectivity index (χ4n) is 5.96. The lowest BCUT2D eigenvalue weighted by molar-refractivity contribution is -0.131. The van der Waals surface area contributed by atoms with Gasteiger partial charge in [-0.2, -0.15) is 4.98 Å². The summed E-state index contributed by atoms with van der Waals surface area (Å²) in [6, 6.07) is 22.4. The zero-order chi connectivity index (χ0) is 28.6. The van der Waals surface area contributed by atoms with Crippen LogP contribution in [-0.2, 0) is 28.9 Å². The molecule has 4 heterocycles. The van der Waals surface area contributed by atoms with Gasteiger partial charge in [-0.05, 0) is 65.9 Å². The summed E-state index contributed by atoms with van der Waals surface area (Å²) in [6.45, 7) is 2.78. The van der Waals surface area contributed by atoms with Crippen LogP contribution in [0.1, 0.15) is 16.7 Å². The molecule has 0 aliphatic carbocycles. The SMILES string of the molecule is O=C(CN1C(=O)Cc2c3cc(cc21)Nc1nc(ncc1Cl)Nc1cccc(c1)CC3)N1CCN(c2ccccc2)CC1. The predicted octanol–water partition coefficient (Wildman–Crippen LogP) is 4.95. The second kappa shape index (κ2) is 11.0. The summed E-state index contributed by atoms with van der Waals surface area (Å²) in [5.41, 5.74) is 6.78. The Morgan fingerprint density at radius 1 is 0.905 bits per heavy atom. The van der Waals surface area contributed by atoms with E-state index in [0.717, 1.165) is 65.4 Å². The molecule has 0 saturated carbocycles. The number of aromatic nitrogens is 2. The zero-order valence-corrected chi connectivity index (χ0v) is 23.8. The molecule has 1 fully saturated rings. The minimum Gasteiger partial charge on any atom is -0.368 e. The van der Waals surface area contributed by atoms with Crippen LogP contribution in [0.4, 0.5) is 34.5 Å². The van der Waals surface area contributed by atoms with Gasteiger partial charge in [-0.25, -0.2) is 4.98 Å². The number of hydrogen-bond acceptors (Lipinski definition) is 7. The van der Waals surface area contributed by atoms with Crippen LogP contribution >= 0.6 is 11.6 Å². The number of para-hydroxylation sites is 1. The largest absolute Gasteiger partial charge is 0.368 e. The maximum atomic E-state index is 13.5. The Balaban J connectivity index is 1.16. The third-order valence-electron chi connectivity index (χ3n) is 8.16. The molecule has 4 aromatic rings. The van der Waals surface area contributed by atoms with Crippen molar-refractivity contribution in [3.05, 3.63) is 94.6 Å². The number of fused-ring (bicyclic) bond motifs is 8. The molecule has 0 radical (unpaired) electrons. The van der Waals surface area contributed by atoms with Crippen LogP contribution in [0, 0.1) is 0 Å². The molecule has 3 aliphatic heterocycles. The van der Waals surface area contributed by atoms with Crippen LogP contribution in [0.5, 0.6) is 0 Å². The Labute approximate surface area is 249 Å². The van der Waals surface area contributed by atoms with Crippen LogP contribution in [0.15, 0.2) is 72.9 Å². The highest BCUT2D eigenvalue weighted by Gasteiger charge is 2.33. The van der Waals surface area contributed by atoms with Crippen LogP contribution in [0.25, 0.3) is 0 Å². The van der Waals surface area contributed by atoms with E-state index in [9.17, 15) is 9.59 Å². The van der Waals surface area contributed by atoms with Crippen LogP contribution in [0.2, 0.25) is 5.02 Å². The first-order valence-electron chi connectivity index (χ1n) is 14.2. The van der Waals surface area contributed by atoms with E-state index in [4.69, 9.17) is 11.6 Å². The fourth-order valence-corrected chi connectivity index (χ4v) is 6.10. The Morgan fingerprint density at radius 3 is 2.57 bits per heavy atom. The van der Waals surface area contributed by atoms with Crippen molar-refractivity contribution in [3.8, 4) is 0 Å². The van der Waals surface area contributed by atoms with E-state index in [-0.39, 0.29) is 24.8 Å². The van der Waals surface area contributed by atoms with E-state index in [1.807, 2.05) is 41.3 Å². The molecule has 42 heavy (non-hydrogen) atoms. The van der Waals surface area contributed by atoms with Gasteiger partial charge < -0.3 is 25.3 Å². The van der Waals surface area contributed by atoms with Gasteiger partial charge in [-0.1, -0.05) is 41.9 Å². The second-order valence-corrected chi connectivity index (χ2v) is 11.2. The minimum absolute atomic E-state index is 0.0183. The molecule has 0 spiro atoms. The quantitative estimate of drug-likeness (QED) is 0.354. The molecule has 9 nitrogen and oxygen atoms in total. The molecule has 212 valence electrons. The molecule has 0 atom stereocenters. The molecule has 6 bridgehead atoms. The van der Waals surface area contributed by atoms with Crippen molar-refractivity contribution in [2.24, 2.45) is 0 Å². The Bertz CT molecular complexity index is 1670. The van der Waals surface area contributed by atoms with Gasteiger partial charge in [0.05, 0.1) is 18.3 Å². The molecule has 2 N–H and O–H groups in total. The summed E-state index contributed by atoms with van der Waals surface area (Å²) in [4.78, 5) is 41.6. The highest BCUT2D eigenvalue weighted by atomic mass is 35.5. The van der Waals surface area contributed by atoms with Crippen LogP contribution in [-0.4, -0.2) is 59.4 Å². The number of anilines is 6. The topological polar surface area (TPSA) is 93.7 Å². The number of carbonyl (C=O) groups is 2. The van der Waals surface area contributed by atoms with Crippen molar-refractivity contribution in [2.75, 3.05) is 53.2 Å². The van der Waals surface area contributed by atoms with Gasteiger partial charge >= 0.3 is 0 Å². The van der Waals surface area contributed by atoms with Gasteiger partial charge in [-0.15, -0.1) is 0 Å². The van der Waals surface area contributed by atoms with Gasteiger partial charge in [0.2, 0.25) is 17.8 Å². The Morgan fingerprint density at radius 2 is 1.74 bits per heavy atom. The number of carbonyl (C=O) groups excluding carboxylic acids is 2. The fraction of sp³-hybridized carbons (Fsp3) is 0.250. The molecule has 1 saturated heterocycles. The normalized spacial score (nSPS) is 16.0. The van der Waals surface area contributed by atoms with E-state index in [1.54, 1.807) is 11.1 Å². The number of nitrogens with zero attached hydrogens (tertiary/aromatic N) is 5. The van der Waals surface area contributed by atoms with Crippen molar-refractivity contribution >= 4 is 57.9 Å². The van der Waals surface area contributed by atoms with Gasteiger partial charge in [-0.3, -0.25) is 9.59 Å². The average molecular weight is 580 g/mol.